The van der Waals surface area contributed by atoms with Crippen LogP contribution in [0.2, 0.25) is 0 Å². The van der Waals surface area contributed by atoms with Gasteiger partial charge in [-0.15, -0.1) is 0 Å². The topological polar surface area (TPSA) is 111 Å². The molecule has 32 heavy (non-hydrogen) atoms. The molecule has 8 nitrogen and oxygen atoms in total. The van der Waals surface area contributed by atoms with Crippen molar-refractivity contribution in [1.82, 2.24) is 10.2 Å². The van der Waals surface area contributed by atoms with Crippen molar-refractivity contribution in [1.29, 1.82) is 0 Å². The van der Waals surface area contributed by atoms with E-state index in [1.54, 1.807) is 0 Å². The SMILES string of the molecule is CCNc1c(NCCCCC(C)N(CC)C2=C(NCCCC(C)C)C(=O)C2O)c(=O)c1=O. The van der Waals surface area contributed by atoms with Gasteiger partial charge < -0.3 is 26.0 Å². The molecule has 0 saturated heterocycles. The molecule has 1 aromatic carbocycles. The van der Waals surface area contributed by atoms with Gasteiger partial charge in [0.05, 0.1) is 5.70 Å². The average molecular weight is 449 g/mol. The minimum absolute atomic E-state index is 0.175. The smallest absolute Gasteiger partial charge is 0.253 e. The molecule has 1 aliphatic rings. The number of carbonyl (C=O) groups is 1. The third-order valence-corrected chi connectivity index (χ3v) is 6.07. The van der Waals surface area contributed by atoms with Gasteiger partial charge in [-0.3, -0.25) is 14.4 Å². The summed E-state index contributed by atoms with van der Waals surface area (Å²) in [6, 6.07) is 0.175. The number of Topliss-reactive ketones (excluding diaryl/α,β-unsaturated/α-hetero) is 1. The van der Waals surface area contributed by atoms with Crippen LogP contribution in [0.5, 0.6) is 0 Å². The van der Waals surface area contributed by atoms with Crippen LogP contribution in [0.3, 0.4) is 0 Å². The minimum Gasteiger partial charge on any atom is -0.381 e. The molecule has 0 bridgehead atoms. The predicted molar refractivity (Wildman–Crippen MR) is 130 cm³/mol. The lowest BCUT2D eigenvalue weighted by Crippen LogP contribution is -2.51. The van der Waals surface area contributed by atoms with Gasteiger partial charge in [0.25, 0.3) is 10.9 Å². The summed E-state index contributed by atoms with van der Waals surface area (Å²) >= 11 is 0. The molecule has 8 heteroatoms. The number of aliphatic hydroxyl groups excluding tert-OH is 1. The van der Waals surface area contributed by atoms with Crippen molar-refractivity contribution < 1.29 is 9.90 Å². The molecule has 0 amide bonds. The van der Waals surface area contributed by atoms with Crippen molar-refractivity contribution >= 4 is 17.2 Å². The molecule has 2 rings (SSSR count). The van der Waals surface area contributed by atoms with E-state index in [9.17, 15) is 19.5 Å². The number of likely N-dealkylation sites (N-methyl/N-ethyl adjacent to an activating group) is 1. The molecule has 0 fully saturated rings. The summed E-state index contributed by atoms with van der Waals surface area (Å²) in [5.74, 6) is 0.409. The van der Waals surface area contributed by atoms with Crippen LogP contribution in [0.1, 0.15) is 66.7 Å². The zero-order valence-electron chi connectivity index (χ0n) is 20.2. The first-order chi connectivity index (χ1) is 15.2. The van der Waals surface area contributed by atoms with E-state index in [0.717, 1.165) is 38.6 Å². The highest BCUT2D eigenvalue weighted by Gasteiger charge is 2.41. The summed E-state index contributed by atoms with van der Waals surface area (Å²) in [6.45, 7) is 13.1. The second kappa shape index (κ2) is 12.0. The summed E-state index contributed by atoms with van der Waals surface area (Å²) in [4.78, 5) is 37.6. The van der Waals surface area contributed by atoms with Gasteiger partial charge in [-0.1, -0.05) is 13.8 Å². The van der Waals surface area contributed by atoms with Gasteiger partial charge >= 0.3 is 0 Å². The van der Waals surface area contributed by atoms with E-state index in [4.69, 9.17) is 0 Å². The molecule has 2 atom stereocenters. The van der Waals surface area contributed by atoms with E-state index in [2.05, 4.69) is 41.6 Å². The predicted octanol–water partition coefficient (Wildman–Crippen LogP) is 2.19. The lowest BCUT2D eigenvalue weighted by molar-refractivity contribution is -0.126. The summed E-state index contributed by atoms with van der Waals surface area (Å²) in [5.41, 5.74) is 1.17. The van der Waals surface area contributed by atoms with Crippen molar-refractivity contribution in [2.45, 2.75) is 78.9 Å². The molecule has 1 aliphatic carbocycles. The number of nitrogens with one attached hydrogen (secondary N) is 3. The molecule has 180 valence electrons. The zero-order chi connectivity index (χ0) is 23.8. The zero-order valence-corrected chi connectivity index (χ0v) is 20.2. The molecule has 0 saturated carbocycles. The van der Waals surface area contributed by atoms with Crippen LogP contribution in [0.15, 0.2) is 21.0 Å². The highest BCUT2D eigenvalue weighted by molar-refractivity contribution is 6.07. The molecule has 1 aromatic rings. The lowest BCUT2D eigenvalue weighted by atomic mass is 9.92. The second-order valence-electron chi connectivity index (χ2n) is 8.99. The Morgan fingerprint density at radius 3 is 2.09 bits per heavy atom. The Morgan fingerprint density at radius 2 is 1.50 bits per heavy atom. The number of ketones is 1. The van der Waals surface area contributed by atoms with Crippen LogP contribution in [0.4, 0.5) is 11.4 Å². The molecular formula is C24H40N4O4. The molecule has 4 N–H and O–H groups in total. The van der Waals surface area contributed by atoms with Gasteiger partial charge in [-0.25, -0.2) is 0 Å². The lowest BCUT2D eigenvalue weighted by Gasteiger charge is -2.40. The fourth-order valence-corrected chi connectivity index (χ4v) is 4.21. The first kappa shape index (κ1) is 25.9. The standard InChI is InChI=1S/C24H40N4O4/c1-6-25-17-18(22(30)21(17)29)26-13-9-8-12-16(5)28(7-2)20-19(23(31)24(20)32)27-14-10-11-15(3)4/h15-16,24-27,32H,6-14H2,1-5H3. The van der Waals surface area contributed by atoms with Crippen LogP contribution in [-0.2, 0) is 4.79 Å². The van der Waals surface area contributed by atoms with Gasteiger partial charge in [0.2, 0.25) is 5.78 Å². The molecule has 0 aromatic heterocycles. The average Bonchev–Trinajstić information content (AvgIpc) is 2.78. The van der Waals surface area contributed by atoms with Gasteiger partial charge in [0.15, 0.2) is 6.10 Å². The van der Waals surface area contributed by atoms with Crippen LogP contribution < -0.4 is 26.8 Å². The summed E-state index contributed by atoms with van der Waals surface area (Å²) in [7, 11) is 0. The number of unbranched alkanes of at least 4 members (excludes halogenated alkanes) is 1. The Balaban J connectivity index is 1.83. The summed E-state index contributed by atoms with van der Waals surface area (Å²) in [6.07, 6.45) is 3.73. The molecule has 2 unspecified atom stereocenters. The van der Waals surface area contributed by atoms with Crippen molar-refractivity contribution in [3.05, 3.63) is 31.8 Å². The molecule has 0 aliphatic heterocycles. The fourth-order valence-electron chi connectivity index (χ4n) is 4.21. The molecular weight excluding hydrogens is 408 g/mol. The maximum Gasteiger partial charge on any atom is 0.253 e. The maximum absolute atomic E-state index is 12.2. The Morgan fingerprint density at radius 1 is 0.875 bits per heavy atom. The first-order valence-electron chi connectivity index (χ1n) is 12.0. The number of carbonyl (C=O) groups excluding carboxylic acids is 1. The van der Waals surface area contributed by atoms with Crippen LogP contribution >= 0.6 is 0 Å². The van der Waals surface area contributed by atoms with Crippen molar-refractivity contribution in [3.63, 3.8) is 0 Å². The van der Waals surface area contributed by atoms with Crippen molar-refractivity contribution in [2.24, 2.45) is 5.92 Å². The number of nitrogens with zero attached hydrogens (tertiary/aromatic N) is 1. The van der Waals surface area contributed by atoms with E-state index >= 15 is 0 Å². The van der Waals surface area contributed by atoms with E-state index in [0.29, 0.717) is 48.3 Å². The van der Waals surface area contributed by atoms with E-state index in [1.807, 2.05) is 13.8 Å². The Bertz CT molecular complexity index is 870. The number of anilines is 2. The van der Waals surface area contributed by atoms with E-state index in [-0.39, 0.29) is 11.8 Å². The summed E-state index contributed by atoms with van der Waals surface area (Å²) < 4.78 is 0. The van der Waals surface area contributed by atoms with E-state index < -0.39 is 17.0 Å². The highest BCUT2D eigenvalue weighted by Crippen LogP contribution is 2.29. The van der Waals surface area contributed by atoms with Gasteiger partial charge in [-0.2, -0.15) is 0 Å². The van der Waals surface area contributed by atoms with Crippen LogP contribution in [0, 0.1) is 5.92 Å². The molecule has 0 heterocycles. The van der Waals surface area contributed by atoms with E-state index in [1.165, 1.54) is 0 Å². The third-order valence-electron chi connectivity index (χ3n) is 6.07. The van der Waals surface area contributed by atoms with Crippen LogP contribution in [0.25, 0.3) is 0 Å². The Labute approximate surface area is 191 Å². The van der Waals surface area contributed by atoms with Gasteiger partial charge in [0.1, 0.15) is 17.1 Å². The molecule has 0 radical (unpaired) electrons. The number of hydrogen-bond acceptors (Lipinski definition) is 8. The number of rotatable bonds is 16. The van der Waals surface area contributed by atoms with Crippen LogP contribution in [-0.4, -0.2) is 54.1 Å². The number of hydrogen-bond donors (Lipinski definition) is 4. The number of aliphatic hydroxyl groups is 1. The third kappa shape index (κ3) is 5.91. The second-order valence-corrected chi connectivity index (χ2v) is 8.99. The van der Waals surface area contributed by atoms with Gasteiger partial charge in [-0.05, 0) is 58.8 Å². The molecule has 0 spiro atoms. The first-order valence-corrected chi connectivity index (χ1v) is 12.0. The highest BCUT2D eigenvalue weighted by atomic mass is 16.3. The Kier molecular flexibility index (Phi) is 9.75. The fraction of sp³-hybridized carbons (Fsp3) is 0.708. The van der Waals surface area contributed by atoms with Gasteiger partial charge in [0, 0.05) is 32.2 Å². The van der Waals surface area contributed by atoms with Crippen molar-refractivity contribution in [2.75, 3.05) is 36.8 Å². The van der Waals surface area contributed by atoms with Crippen molar-refractivity contribution in [3.8, 4) is 0 Å². The monoisotopic (exact) mass is 448 g/mol. The summed E-state index contributed by atoms with van der Waals surface area (Å²) in [5, 5.41) is 19.6. The normalized spacial score (nSPS) is 17.0. The quantitative estimate of drug-likeness (QED) is 0.225. The Hall–Kier alpha value is -2.35. The maximum atomic E-state index is 12.2. The largest absolute Gasteiger partial charge is 0.381 e. The minimum atomic E-state index is -1.04.